The Morgan fingerprint density at radius 3 is 2.43 bits per heavy atom. The van der Waals surface area contributed by atoms with E-state index in [-0.39, 0.29) is 24.8 Å². The molecule has 2 saturated carbocycles. The van der Waals surface area contributed by atoms with E-state index in [0.29, 0.717) is 23.3 Å². The van der Waals surface area contributed by atoms with Gasteiger partial charge in [0.05, 0.1) is 0 Å². The van der Waals surface area contributed by atoms with Crippen LogP contribution in [0.25, 0.3) is 0 Å². The standard InChI is InChI=1S/C15H27N3O.2ClH/c1-18(2)13(11-3-4-11)10-17-14(19)12-9-15(12)5-7-16-8-6-15;;/h11-13,16H,3-10H2,1-2H3,(H,17,19);2*1H. The van der Waals surface area contributed by atoms with Gasteiger partial charge in [0.15, 0.2) is 0 Å². The topological polar surface area (TPSA) is 44.4 Å². The van der Waals surface area contributed by atoms with Crippen molar-refractivity contribution in [1.29, 1.82) is 0 Å². The average Bonchev–Trinajstić information content (AvgIpc) is 3.28. The number of piperidine rings is 1. The highest BCUT2D eigenvalue weighted by atomic mass is 35.5. The van der Waals surface area contributed by atoms with Crippen LogP contribution in [0.5, 0.6) is 0 Å². The van der Waals surface area contributed by atoms with E-state index in [4.69, 9.17) is 0 Å². The van der Waals surface area contributed by atoms with Gasteiger partial charge in [-0.3, -0.25) is 4.79 Å². The van der Waals surface area contributed by atoms with E-state index in [9.17, 15) is 4.79 Å². The van der Waals surface area contributed by atoms with Crippen molar-refractivity contribution in [2.75, 3.05) is 33.7 Å². The zero-order chi connectivity index (χ0) is 13.5. The number of amides is 1. The molecule has 6 heteroatoms. The van der Waals surface area contributed by atoms with Crippen molar-refractivity contribution in [1.82, 2.24) is 15.5 Å². The predicted molar refractivity (Wildman–Crippen MR) is 90.3 cm³/mol. The number of likely N-dealkylation sites (N-methyl/N-ethyl adjacent to an activating group) is 1. The van der Waals surface area contributed by atoms with E-state index in [1.165, 1.54) is 25.7 Å². The molecule has 3 rings (SSSR count). The number of halogens is 2. The lowest BCUT2D eigenvalue weighted by Gasteiger charge is -2.26. The third-order valence-electron chi connectivity index (χ3n) is 5.42. The SMILES string of the molecule is CN(C)C(CNC(=O)C1CC12CCNCC2)C1CC1.Cl.Cl. The highest BCUT2D eigenvalue weighted by Crippen LogP contribution is 2.58. The molecule has 1 spiro atoms. The molecule has 1 saturated heterocycles. The first-order valence-electron chi connectivity index (χ1n) is 7.77. The molecule has 21 heavy (non-hydrogen) atoms. The van der Waals surface area contributed by atoms with Crippen molar-refractivity contribution >= 4 is 30.7 Å². The number of hydrogen-bond donors (Lipinski definition) is 2. The summed E-state index contributed by atoms with van der Waals surface area (Å²) >= 11 is 0. The van der Waals surface area contributed by atoms with Crippen molar-refractivity contribution < 1.29 is 4.79 Å². The third-order valence-corrected chi connectivity index (χ3v) is 5.42. The van der Waals surface area contributed by atoms with Crippen LogP contribution in [0.3, 0.4) is 0 Å². The van der Waals surface area contributed by atoms with Crippen LogP contribution in [-0.4, -0.2) is 50.6 Å². The molecular weight excluding hydrogens is 309 g/mol. The molecule has 0 aromatic rings. The van der Waals surface area contributed by atoms with Gasteiger partial charge in [-0.25, -0.2) is 0 Å². The van der Waals surface area contributed by atoms with Gasteiger partial charge < -0.3 is 15.5 Å². The van der Waals surface area contributed by atoms with Crippen LogP contribution >= 0.6 is 24.8 Å². The van der Waals surface area contributed by atoms with Crippen LogP contribution < -0.4 is 10.6 Å². The lowest BCUT2D eigenvalue weighted by atomic mass is 9.92. The first-order chi connectivity index (χ1) is 9.12. The zero-order valence-electron chi connectivity index (χ0n) is 13.1. The van der Waals surface area contributed by atoms with E-state index in [1.807, 2.05) is 0 Å². The van der Waals surface area contributed by atoms with Crippen molar-refractivity contribution in [3.8, 4) is 0 Å². The van der Waals surface area contributed by atoms with Crippen LogP contribution in [0.1, 0.15) is 32.1 Å². The normalized spacial score (nSPS) is 27.5. The molecule has 3 aliphatic rings. The Kier molecular flexibility index (Phi) is 6.79. The molecule has 1 aliphatic heterocycles. The fraction of sp³-hybridized carbons (Fsp3) is 0.933. The molecule has 3 fully saturated rings. The summed E-state index contributed by atoms with van der Waals surface area (Å²) in [5.41, 5.74) is 0.364. The van der Waals surface area contributed by atoms with Crippen molar-refractivity contribution in [3.63, 3.8) is 0 Å². The van der Waals surface area contributed by atoms with Crippen molar-refractivity contribution in [2.24, 2.45) is 17.3 Å². The minimum absolute atomic E-state index is 0. The molecule has 1 amide bonds. The second-order valence-electron chi connectivity index (χ2n) is 6.98. The molecule has 0 radical (unpaired) electrons. The fourth-order valence-corrected chi connectivity index (χ4v) is 3.78. The second kappa shape index (κ2) is 7.49. The molecule has 0 bridgehead atoms. The number of nitrogens with one attached hydrogen (secondary N) is 2. The lowest BCUT2D eigenvalue weighted by Crippen LogP contribution is -2.43. The van der Waals surface area contributed by atoms with Gasteiger partial charge >= 0.3 is 0 Å². The van der Waals surface area contributed by atoms with Crippen LogP contribution in [0.4, 0.5) is 0 Å². The molecule has 2 unspecified atom stereocenters. The summed E-state index contributed by atoms with van der Waals surface area (Å²) in [5.74, 6) is 1.42. The van der Waals surface area contributed by atoms with Gasteiger partial charge in [0.1, 0.15) is 0 Å². The van der Waals surface area contributed by atoms with Gasteiger partial charge in [0.2, 0.25) is 5.91 Å². The Balaban J connectivity index is 0.00000110. The van der Waals surface area contributed by atoms with Gasteiger partial charge in [-0.05, 0) is 70.6 Å². The molecule has 2 atom stereocenters. The predicted octanol–water partition coefficient (Wildman–Crippen LogP) is 1.68. The van der Waals surface area contributed by atoms with Gasteiger partial charge in [-0.2, -0.15) is 0 Å². The lowest BCUT2D eigenvalue weighted by molar-refractivity contribution is -0.123. The van der Waals surface area contributed by atoms with E-state index < -0.39 is 0 Å². The minimum Gasteiger partial charge on any atom is -0.354 e. The summed E-state index contributed by atoms with van der Waals surface area (Å²) in [4.78, 5) is 14.6. The largest absolute Gasteiger partial charge is 0.354 e. The van der Waals surface area contributed by atoms with Gasteiger partial charge in [-0.15, -0.1) is 24.8 Å². The number of nitrogens with zero attached hydrogens (tertiary/aromatic N) is 1. The van der Waals surface area contributed by atoms with E-state index >= 15 is 0 Å². The monoisotopic (exact) mass is 337 g/mol. The van der Waals surface area contributed by atoms with Gasteiger partial charge in [0.25, 0.3) is 0 Å². The van der Waals surface area contributed by atoms with E-state index in [2.05, 4.69) is 29.6 Å². The molecule has 4 nitrogen and oxygen atoms in total. The van der Waals surface area contributed by atoms with Crippen LogP contribution in [0, 0.1) is 17.3 Å². The summed E-state index contributed by atoms with van der Waals surface area (Å²) < 4.78 is 0. The first-order valence-corrected chi connectivity index (χ1v) is 7.77. The maximum Gasteiger partial charge on any atom is 0.223 e. The highest BCUT2D eigenvalue weighted by Gasteiger charge is 2.57. The fourth-order valence-electron chi connectivity index (χ4n) is 3.78. The molecule has 2 N–H and O–H groups in total. The van der Waals surface area contributed by atoms with E-state index in [0.717, 1.165) is 32.0 Å². The summed E-state index contributed by atoms with van der Waals surface area (Å²) in [5, 5.41) is 6.61. The van der Waals surface area contributed by atoms with Crippen LogP contribution in [0.15, 0.2) is 0 Å². The molecule has 0 aromatic carbocycles. The Morgan fingerprint density at radius 1 is 1.29 bits per heavy atom. The quantitative estimate of drug-likeness (QED) is 0.802. The minimum atomic E-state index is 0. The second-order valence-corrected chi connectivity index (χ2v) is 6.98. The van der Waals surface area contributed by atoms with Gasteiger partial charge in [0, 0.05) is 18.5 Å². The Bertz CT molecular complexity index is 353. The molecular formula is C15H29Cl2N3O. The van der Waals surface area contributed by atoms with Gasteiger partial charge in [-0.1, -0.05) is 0 Å². The summed E-state index contributed by atoms with van der Waals surface area (Å²) in [6.45, 7) is 3.01. The highest BCUT2D eigenvalue weighted by molar-refractivity contribution is 5.85. The average molecular weight is 338 g/mol. The van der Waals surface area contributed by atoms with E-state index in [1.54, 1.807) is 0 Å². The van der Waals surface area contributed by atoms with Crippen LogP contribution in [0.2, 0.25) is 0 Å². The summed E-state index contributed by atoms with van der Waals surface area (Å²) in [6.07, 6.45) is 6.15. The summed E-state index contributed by atoms with van der Waals surface area (Å²) in [6, 6.07) is 0.534. The third kappa shape index (κ3) is 4.25. The Labute approximate surface area is 140 Å². The molecule has 124 valence electrons. The maximum atomic E-state index is 12.3. The van der Waals surface area contributed by atoms with Crippen molar-refractivity contribution in [3.05, 3.63) is 0 Å². The zero-order valence-corrected chi connectivity index (χ0v) is 14.7. The van der Waals surface area contributed by atoms with Crippen molar-refractivity contribution in [2.45, 2.75) is 38.1 Å². The Hall–Kier alpha value is -0.0300. The first kappa shape index (κ1) is 19.0. The smallest absolute Gasteiger partial charge is 0.223 e. The number of rotatable bonds is 5. The number of carbonyl (C=O) groups is 1. The van der Waals surface area contributed by atoms with Crippen LogP contribution in [-0.2, 0) is 4.79 Å². The maximum absolute atomic E-state index is 12.3. The molecule has 1 heterocycles. The number of carbonyl (C=O) groups excluding carboxylic acids is 1. The summed E-state index contributed by atoms with van der Waals surface area (Å²) in [7, 11) is 4.25. The number of hydrogen-bond acceptors (Lipinski definition) is 3. The molecule has 0 aromatic heterocycles. The molecule has 2 aliphatic carbocycles. The Morgan fingerprint density at radius 2 is 1.90 bits per heavy atom.